The molecule has 0 aliphatic heterocycles. The molecule has 0 amide bonds. The van der Waals surface area contributed by atoms with Crippen LogP contribution in [0.2, 0.25) is 0 Å². The second kappa shape index (κ2) is 8.50. The van der Waals surface area contributed by atoms with Crippen LogP contribution in [-0.2, 0) is 9.47 Å². The third-order valence-corrected chi connectivity index (χ3v) is 4.48. The molecule has 1 aromatic heterocycles. The number of hydrogen-bond acceptors (Lipinski definition) is 6. The third kappa shape index (κ3) is 5.08. The Kier molecular flexibility index (Phi) is 6.59. The molecule has 0 atom stereocenters. The Bertz CT molecular complexity index is 456. The van der Waals surface area contributed by atoms with Crippen molar-refractivity contribution in [1.29, 1.82) is 0 Å². The molecule has 0 radical (unpaired) electrons. The van der Waals surface area contributed by atoms with Crippen molar-refractivity contribution in [3.05, 3.63) is 24.3 Å². The summed E-state index contributed by atoms with van der Waals surface area (Å²) in [6.07, 6.45) is 0. The number of thioether (sulfide) groups is 1. The molecule has 0 bridgehead atoms. The maximum absolute atomic E-state index is 8.52. The Morgan fingerprint density at radius 3 is 2.68 bits per heavy atom. The number of fused-ring (bicyclic) bond motifs is 1. The summed E-state index contributed by atoms with van der Waals surface area (Å²) < 4.78 is 12.8. The second-order valence-electron chi connectivity index (χ2n) is 3.74. The predicted octanol–water partition coefficient (Wildman–Crippen LogP) is 2.41. The highest BCUT2D eigenvalue weighted by molar-refractivity contribution is 8.01. The first-order chi connectivity index (χ1) is 9.40. The van der Waals surface area contributed by atoms with Crippen LogP contribution in [-0.4, -0.2) is 48.9 Å². The van der Waals surface area contributed by atoms with Gasteiger partial charge in [0.25, 0.3) is 0 Å². The first-order valence-corrected chi connectivity index (χ1v) is 7.95. The molecule has 6 heteroatoms. The van der Waals surface area contributed by atoms with Gasteiger partial charge in [0.2, 0.25) is 0 Å². The van der Waals surface area contributed by atoms with E-state index in [1.165, 1.54) is 4.70 Å². The van der Waals surface area contributed by atoms with Gasteiger partial charge in [0.05, 0.1) is 43.3 Å². The van der Waals surface area contributed by atoms with Crippen molar-refractivity contribution in [1.82, 2.24) is 4.98 Å². The molecular weight excluding hydrogens is 282 g/mol. The molecule has 104 valence electrons. The van der Waals surface area contributed by atoms with E-state index >= 15 is 0 Å². The smallest absolute Gasteiger partial charge is 0.151 e. The molecule has 0 saturated heterocycles. The van der Waals surface area contributed by atoms with Gasteiger partial charge in [-0.05, 0) is 12.1 Å². The molecule has 2 aromatic rings. The van der Waals surface area contributed by atoms with Crippen molar-refractivity contribution in [2.45, 2.75) is 4.34 Å². The van der Waals surface area contributed by atoms with Crippen LogP contribution >= 0.6 is 23.1 Å². The van der Waals surface area contributed by atoms with Gasteiger partial charge < -0.3 is 14.6 Å². The number of hydrogen-bond donors (Lipinski definition) is 1. The number of nitrogens with zero attached hydrogens (tertiary/aromatic N) is 1. The van der Waals surface area contributed by atoms with Gasteiger partial charge in [-0.2, -0.15) is 0 Å². The molecule has 2 rings (SSSR count). The summed E-state index contributed by atoms with van der Waals surface area (Å²) in [5, 5.41) is 8.52. The highest BCUT2D eigenvalue weighted by atomic mass is 32.2. The number of thiazole rings is 1. The minimum Gasteiger partial charge on any atom is -0.394 e. The maximum atomic E-state index is 8.52. The average Bonchev–Trinajstić information content (AvgIpc) is 2.84. The van der Waals surface area contributed by atoms with Crippen LogP contribution in [0.25, 0.3) is 10.2 Å². The number of aromatic nitrogens is 1. The minimum atomic E-state index is 0.0630. The number of aliphatic hydroxyl groups excluding tert-OH is 1. The monoisotopic (exact) mass is 299 g/mol. The van der Waals surface area contributed by atoms with E-state index in [9.17, 15) is 0 Å². The van der Waals surface area contributed by atoms with Gasteiger partial charge in [-0.25, -0.2) is 4.98 Å². The lowest BCUT2D eigenvalue weighted by molar-refractivity contribution is 0.0377. The summed E-state index contributed by atoms with van der Waals surface area (Å²) in [6.45, 7) is 2.23. The lowest BCUT2D eigenvalue weighted by Crippen LogP contribution is -2.08. The zero-order chi connectivity index (χ0) is 13.3. The molecule has 1 heterocycles. The summed E-state index contributed by atoms with van der Waals surface area (Å²) in [5.74, 6) is 0.889. The van der Waals surface area contributed by atoms with E-state index in [-0.39, 0.29) is 6.61 Å². The van der Waals surface area contributed by atoms with Gasteiger partial charge in [-0.15, -0.1) is 11.3 Å². The average molecular weight is 299 g/mol. The van der Waals surface area contributed by atoms with Gasteiger partial charge in [-0.1, -0.05) is 23.9 Å². The fourth-order valence-electron chi connectivity index (χ4n) is 1.49. The van der Waals surface area contributed by atoms with Gasteiger partial charge in [-0.3, -0.25) is 0 Å². The van der Waals surface area contributed by atoms with Crippen molar-refractivity contribution < 1.29 is 14.6 Å². The molecule has 0 aliphatic carbocycles. The number of rotatable bonds is 9. The topological polar surface area (TPSA) is 51.6 Å². The van der Waals surface area contributed by atoms with Crippen molar-refractivity contribution in [2.75, 3.05) is 38.8 Å². The third-order valence-electron chi connectivity index (χ3n) is 2.34. The summed E-state index contributed by atoms with van der Waals surface area (Å²) >= 11 is 3.43. The van der Waals surface area contributed by atoms with E-state index in [4.69, 9.17) is 14.6 Å². The van der Waals surface area contributed by atoms with E-state index in [2.05, 4.69) is 11.1 Å². The zero-order valence-corrected chi connectivity index (χ0v) is 12.2. The Hall–Kier alpha value is -0.660. The maximum Gasteiger partial charge on any atom is 0.151 e. The highest BCUT2D eigenvalue weighted by Crippen LogP contribution is 2.28. The molecule has 1 N–H and O–H groups in total. The largest absolute Gasteiger partial charge is 0.394 e. The van der Waals surface area contributed by atoms with Gasteiger partial charge in [0.15, 0.2) is 4.34 Å². The van der Waals surface area contributed by atoms with Crippen LogP contribution in [0.15, 0.2) is 28.6 Å². The van der Waals surface area contributed by atoms with Gasteiger partial charge in [0.1, 0.15) is 0 Å². The van der Waals surface area contributed by atoms with E-state index in [1.807, 2.05) is 18.2 Å². The fourth-order valence-corrected chi connectivity index (χ4v) is 3.48. The number of para-hydroxylation sites is 1. The number of benzene rings is 1. The lowest BCUT2D eigenvalue weighted by atomic mass is 10.3. The van der Waals surface area contributed by atoms with Crippen LogP contribution in [0, 0.1) is 0 Å². The van der Waals surface area contributed by atoms with Crippen molar-refractivity contribution in [3.8, 4) is 0 Å². The van der Waals surface area contributed by atoms with Crippen LogP contribution in [0.5, 0.6) is 0 Å². The second-order valence-corrected chi connectivity index (χ2v) is 6.12. The van der Waals surface area contributed by atoms with Crippen LogP contribution in [0.1, 0.15) is 0 Å². The minimum absolute atomic E-state index is 0.0630. The summed E-state index contributed by atoms with van der Waals surface area (Å²) in [5.41, 5.74) is 1.06. The highest BCUT2D eigenvalue weighted by Gasteiger charge is 2.03. The first kappa shape index (κ1) is 14.7. The molecule has 0 fully saturated rings. The Morgan fingerprint density at radius 1 is 1.11 bits per heavy atom. The van der Waals surface area contributed by atoms with Gasteiger partial charge in [0, 0.05) is 5.75 Å². The molecule has 0 spiro atoms. The molecule has 1 aromatic carbocycles. The van der Waals surface area contributed by atoms with E-state index in [0.717, 1.165) is 15.6 Å². The SMILES string of the molecule is OCCOCCOCCSc1nc2ccccc2s1. The van der Waals surface area contributed by atoms with Crippen LogP contribution < -0.4 is 0 Å². The Labute approximate surface area is 120 Å². The Balaban J connectivity index is 1.60. The van der Waals surface area contributed by atoms with Gasteiger partial charge >= 0.3 is 0 Å². The molecule has 0 unspecified atom stereocenters. The molecule has 0 aliphatic rings. The predicted molar refractivity (Wildman–Crippen MR) is 79.1 cm³/mol. The lowest BCUT2D eigenvalue weighted by Gasteiger charge is -2.03. The van der Waals surface area contributed by atoms with E-state index in [0.29, 0.717) is 26.4 Å². The summed E-state index contributed by atoms with van der Waals surface area (Å²) in [6, 6.07) is 8.16. The van der Waals surface area contributed by atoms with E-state index < -0.39 is 0 Å². The van der Waals surface area contributed by atoms with Crippen molar-refractivity contribution in [3.63, 3.8) is 0 Å². The normalized spacial score (nSPS) is 11.2. The molecule has 4 nitrogen and oxygen atoms in total. The molecular formula is C13H17NO3S2. The van der Waals surface area contributed by atoms with Crippen molar-refractivity contribution in [2.24, 2.45) is 0 Å². The standard InChI is InChI=1S/C13H17NO3S2/c15-5-6-16-7-8-17-9-10-18-13-14-11-3-1-2-4-12(11)19-13/h1-4,15H,5-10H2. The Morgan fingerprint density at radius 2 is 1.89 bits per heavy atom. The number of ether oxygens (including phenoxy) is 2. The quantitative estimate of drug-likeness (QED) is 0.569. The fraction of sp³-hybridized carbons (Fsp3) is 0.462. The van der Waals surface area contributed by atoms with Crippen molar-refractivity contribution >= 4 is 33.3 Å². The summed E-state index contributed by atoms with van der Waals surface area (Å²) in [7, 11) is 0. The van der Waals surface area contributed by atoms with Crippen LogP contribution in [0.3, 0.4) is 0 Å². The van der Waals surface area contributed by atoms with Crippen LogP contribution in [0.4, 0.5) is 0 Å². The van der Waals surface area contributed by atoms with E-state index in [1.54, 1.807) is 23.1 Å². The summed E-state index contributed by atoms with van der Waals surface area (Å²) in [4.78, 5) is 4.54. The first-order valence-electron chi connectivity index (χ1n) is 6.15. The number of aliphatic hydroxyl groups is 1. The molecule has 0 saturated carbocycles. The molecule has 19 heavy (non-hydrogen) atoms. The zero-order valence-electron chi connectivity index (χ0n) is 10.6.